The number of aromatic nitrogens is 4. The maximum atomic E-state index is 12.6. The first-order valence-corrected chi connectivity index (χ1v) is 5.95. The van der Waals surface area contributed by atoms with Gasteiger partial charge in [-0.15, -0.1) is 5.10 Å². The van der Waals surface area contributed by atoms with Crippen LogP contribution in [0.15, 0.2) is 28.3 Å². The molecule has 1 aromatic carbocycles. The average Bonchev–Trinajstić information content (AvgIpc) is 2.74. The van der Waals surface area contributed by atoms with E-state index in [1.165, 1.54) is 11.7 Å². The molecule has 0 unspecified atom stereocenters. The van der Waals surface area contributed by atoms with E-state index in [4.69, 9.17) is 5.11 Å². The quantitative estimate of drug-likeness (QED) is 0.935. The molecular formula is C10H7F3N4O2S. The van der Waals surface area contributed by atoms with Crippen LogP contribution in [0.5, 0.6) is 0 Å². The van der Waals surface area contributed by atoms with Gasteiger partial charge in [-0.1, -0.05) is 0 Å². The van der Waals surface area contributed by atoms with Crippen molar-refractivity contribution in [2.45, 2.75) is 16.2 Å². The van der Waals surface area contributed by atoms with Gasteiger partial charge in [-0.2, -0.15) is 13.2 Å². The molecule has 1 N–H and O–H groups in total. The molecule has 2 rings (SSSR count). The minimum absolute atomic E-state index is 0.128. The first kappa shape index (κ1) is 14.3. The first-order chi connectivity index (χ1) is 9.29. The summed E-state index contributed by atoms with van der Waals surface area (Å²) in [6, 6.07) is 2.50. The van der Waals surface area contributed by atoms with Crippen molar-refractivity contribution in [3.8, 4) is 0 Å². The van der Waals surface area contributed by atoms with Crippen molar-refractivity contribution in [2.75, 3.05) is 0 Å². The van der Waals surface area contributed by atoms with Gasteiger partial charge in [0, 0.05) is 11.9 Å². The number of aromatic carboxylic acids is 1. The van der Waals surface area contributed by atoms with E-state index in [9.17, 15) is 18.0 Å². The number of benzene rings is 1. The number of tetrazole rings is 1. The van der Waals surface area contributed by atoms with Crippen LogP contribution in [0, 0.1) is 0 Å². The lowest BCUT2D eigenvalue weighted by Gasteiger charge is -2.10. The molecule has 0 atom stereocenters. The number of carbonyl (C=O) groups is 1. The summed E-state index contributed by atoms with van der Waals surface area (Å²) in [4.78, 5) is 11.2. The lowest BCUT2D eigenvalue weighted by molar-refractivity contribution is -0.137. The summed E-state index contributed by atoms with van der Waals surface area (Å²) in [5.74, 6) is -1.45. The second kappa shape index (κ2) is 5.12. The van der Waals surface area contributed by atoms with E-state index in [1.54, 1.807) is 0 Å². The van der Waals surface area contributed by atoms with E-state index in [-0.39, 0.29) is 10.1 Å². The number of nitrogens with zero attached hydrogens (tertiary/aromatic N) is 4. The van der Waals surface area contributed by atoms with Gasteiger partial charge >= 0.3 is 12.1 Å². The van der Waals surface area contributed by atoms with Crippen molar-refractivity contribution in [3.05, 3.63) is 29.3 Å². The molecule has 0 fully saturated rings. The predicted molar refractivity (Wildman–Crippen MR) is 61.3 cm³/mol. The number of hydrogen-bond acceptors (Lipinski definition) is 5. The number of rotatable bonds is 3. The van der Waals surface area contributed by atoms with Gasteiger partial charge in [0.1, 0.15) is 0 Å². The van der Waals surface area contributed by atoms with E-state index < -0.39 is 23.3 Å². The SMILES string of the molecule is Cn1nnnc1Sc1ccc(C(F)(F)F)cc1C(=O)O. The second-order valence-electron chi connectivity index (χ2n) is 3.70. The predicted octanol–water partition coefficient (Wildman–Crippen LogP) is 2.08. The van der Waals surface area contributed by atoms with Crippen molar-refractivity contribution < 1.29 is 23.1 Å². The van der Waals surface area contributed by atoms with E-state index >= 15 is 0 Å². The molecule has 20 heavy (non-hydrogen) atoms. The van der Waals surface area contributed by atoms with Gasteiger partial charge in [0.05, 0.1) is 11.1 Å². The Hall–Kier alpha value is -2.10. The molecular weight excluding hydrogens is 297 g/mol. The van der Waals surface area contributed by atoms with Crippen LogP contribution < -0.4 is 0 Å². The zero-order chi connectivity index (χ0) is 14.9. The Morgan fingerprint density at radius 2 is 2.10 bits per heavy atom. The number of halogens is 3. The zero-order valence-corrected chi connectivity index (χ0v) is 10.7. The Labute approximate surface area is 114 Å². The fourth-order valence-electron chi connectivity index (χ4n) is 1.37. The third-order valence-electron chi connectivity index (χ3n) is 2.32. The summed E-state index contributed by atoms with van der Waals surface area (Å²) < 4.78 is 39.0. The average molecular weight is 304 g/mol. The van der Waals surface area contributed by atoms with Gasteiger partial charge in [0.15, 0.2) is 0 Å². The standard InChI is InChI=1S/C10H7F3N4O2S/c1-17-9(14-15-16-17)20-7-3-2-5(10(11,12)13)4-6(7)8(18)19/h2-4H,1H3,(H,18,19). The van der Waals surface area contributed by atoms with Crippen molar-refractivity contribution in [1.82, 2.24) is 20.2 Å². The Bertz CT molecular complexity index is 656. The van der Waals surface area contributed by atoms with E-state index in [0.29, 0.717) is 6.07 Å². The molecule has 2 aromatic rings. The van der Waals surface area contributed by atoms with Crippen LogP contribution in [0.1, 0.15) is 15.9 Å². The fraction of sp³-hybridized carbons (Fsp3) is 0.200. The molecule has 0 saturated carbocycles. The highest BCUT2D eigenvalue weighted by molar-refractivity contribution is 7.99. The van der Waals surface area contributed by atoms with Gasteiger partial charge in [-0.25, -0.2) is 9.48 Å². The molecule has 106 valence electrons. The molecule has 0 saturated heterocycles. The van der Waals surface area contributed by atoms with Gasteiger partial charge < -0.3 is 5.11 Å². The zero-order valence-electron chi connectivity index (χ0n) is 9.92. The van der Waals surface area contributed by atoms with Crippen molar-refractivity contribution in [2.24, 2.45) is 7.05 Å². The van der Waals surface area contributed by atoms with Crippen LogP contribution in [0.4, 0.5) is 13.2 Å². The fourth-order valence-corrected chi connectivity index (χ4v) is 2.20. The minimum Gasteiger partial charge on any atom is -0.478 e. The highest BCUT2D eigenvalue weighted by Gasteiger charge is 2.32. The summed E-state index contributed by atoms with van der Waals surface area (Å²) >= 11 is 0.874. The molecule has 0 aliphatic heterocycles. The highest BCUT2D eigenvalue weighted by atomic mass is 32.2. The Morgan fingerprint density at radius 1 is 1.40 bits per heavy atom. The van der Waals surface area contributed by atoms with Crippen molar-refractivity contribution in [3.63, 3.8) is 0 Å². The smallest absolute Gasteiger partial charge is 0.416 e. The van der Waals surface area contributed by atoms with E-state index in [0.717, 1.165) is 23.9 Å². The lowest BCUT2D eigenvalue weighted by Crippen LogP contribution is -2.08. The Kier molecular flexibility index (Phi) is 3.66. The number of alkyl halides is 3. The van der Waals surface area contributed by atoms with Gasteiger partial charge in [-0.05, 0) is 40.4 Å². The molecule has 1 heterocycles. The Morgan fingerprint density at radius 3 is 2.60 bits per heavy atom. The summed E-state index contributed by atoms with van der Waals surface area (Å²) in [5.41, 5.74) is -1.47. The molecule has 0 aliphatic carbocycles. The number of carboxylic acids is 1. The van der Waals surface area contributed by atoms with Crippen LogP contribution >= 0.6 is 11.8 Å². The Balaban J connectivity index is 2.43. The molecule has 1 aromatic heterocycles. The highest BCUT2D eigenvalue weighted by Crippen LogP contribution is 2.34. The maximum absolute atomic E-state index is 12.6. The summed E-state index contributed by atoms with van der Waals surface area (Å²) in [5, 5.41) is 19.8. The molecule has 0 aliphatic rings. The van der Waals surface area contributed by atoms with E-state index in [1.807, 2.05) is 0 Å². The summed E-state index contributed by atoms with van der Waals surface area (Å²) in [6.45, 7) is 0. The van der Waals surface area contributed by atoms with Crippen LogP contribution in [-0.4, -0.2) is 31.3 Å². The third-order valence-corrected chi connectivity index (χ3v) is 3.42. The van der Waals surface area contributed by atoms with Gasteiger partial charge in [-0.3, -0.25) is 0 Å². The van der Waals surface area contributed by atoms with Gasteiger partial charge in [0.2, 0.25) is 5.16 Å². The van der Waals surface area contributed by atoms with Crippen molar-refractivity contribution >= 4 is 17.7 Å². The minimum atomic E-state index is -4.60. The van der Waals surface area contributed by atoms with Gasteiger partial charge in [0.25, 0.3) is 0 Å². The van der Waals surface area contributed by atoms with Crippen LogP contribution in [0.2, 0.25) is 0 Å². The first-order valence-electron chi connectivity index (χ1n) is 5.14. The second-order valence-corrected chi connectivity index (χ2v) is 4.71. The molecule has 10 heteroatoms. The van der Waals surface area contributed by atoms with Crippen LogP contribution in [-0.2, 0) is 13.2 Å². The normalized spacial score (nSPS) is 11.6. The van der Waals surface area contributed by atoms with Crippen molar-refractivity contribution in [1.29, 1.82) is 0 Å². The number of hydrogen-bond donors (Lipinski definition) is 1. The van der Waals surface area contributed by atoms with Crippen LogP contribution in [0.25, 0.3) is 0 Å². The molecule has 0 spiro atoms. The molecule has 0 amide bonds. The number of carboxylic acid groups (broad SMARTS) is 1. The number of aryl methyl sites for hydroxylation is 1. The molecule has 0 bridgehead atoms. The largest absolute Gasteiger partial charge is 0.478 e. The monoisotopic (exact) mass is 304 g/mol. The summed E-state index contributed by atoms with van der Waals surface area (Å²) in [7, 11) is 1.53. The van der Waals surface area contributed by atoms with Crippen LogP contribution in [0.3, 0.4) is 0 Å². The van der Waals surface area contributed by atoms with E-state index in [2.05, 4.69) is 15.5 Å². The topological polar surface area (TPSA) is 80.9 Å². The molecule has 6 nitrogen and oxygen atoms in total. The summed E-state index contributed by atoms with van der Waals surface area (Å²) in [6.07, 6.45) is -4.60. The molecule has 0 radical (unpaired) electrons. The lowest BCUT2D eigenvalue weighted by atomic mass is 10.1. The maximum Gasteiger partial charge on any atom is 0.416 e. The third kappa shape index (κ3) is 2.90.